The van der Waals surface area contributed by atoms with Crippen LogP contribution in [0.3, 0.4) is 0 Å². The Morgan fingerprint density at radius 2 is 1.83 bits per heavy atom. The van der Waals surface area contributed by atoms with Gasteiger partial charge in [0.25, 0.3) is 0 Å². The summed E-state index contributed by atoms with van der Waals surface area (Å²) < 4.78 is 6.59. The van der Waals surface area contributed by atoms with E-state index >= 15 is 0 Å². The molecule has 5 nitrogen and oxygen atoms in total. The van der Waals surface area contributed by atoms with E-state index in [1.165, 1.54) is 18.9 Å². The number of nitrogens with zero attached hydrogens (tertiary/aromatic N) is 3. The van der Waals surface area contributed by atoms with Gasteiger partial charge < -0.3 is 4.74 Å². The Morgan fingerprint density at radius 1 is 1.12 bits per heavy atom. The fourth-order valence-electron chi connectivity index (χ4n) is 2.14. The summed E-state index contributed by atoms with van der Waals surface area (Å²) in [6.45, 7) is 0. The van der Waals surface area contributed by atoms with Gasteiger partial charge in [0, 0.05) is 16.3 Å². The molecule has 0 atom stereocenters. The van der Waals surface area contributed by atoms with Crippen molar-refractivity contribution < 1.29 is 9.53 Å². The number of esters is 1. The third-order valence-corrected chi connectivity index (χ3v) is 4.45. The summed E-state index contributed by atoms with van der Waals surface area (Å²) >= 11 is 7.26. The number of rotatable bonds is 5. The molecule has 0 aliphatic rings. The molecular formula is C17H14ClN3O2S. The number of aromatic nitrogens is 3. The lowest BCUT2D eigenvalue weighted by molar-refractivity contribution is -0.137. The zero-order valence-corrected chi connectivity index (χ0v) is 14.4. The monoisotopic (exact) mass is 359 g/mol. The van der Waals surface area contributed by atoms with Gasteiger partial charge in [-0.1, -0.05) is 53.7 Å². The van der Waals surface area contributed by atoms with Gasteiger partial charge in [0.15, 0.2) is 11.0 Å². The van der Waals surface area contributed by atoms with Gasteiger partial charge in [-0.15, -0.1) is 10.2 Å². The predicted molar refractivity (Wildman–Crippen MR) is 94.5 cm³/mol. The lowest BCUT2D eigenvalue weighted by atomic mass is 10.2. The molecule has 2 aromatic carbocycles. The summed E-state index contributed by atoms with van der Waals surface area (Å²) in [5.41, 5.74) is 1.81. The van der Waals surface area contributed by atoms with Crippen molar-refractivity contribution in [3.8, 4) is 17.1 Å². The summed E-state index contributed by atoms with van der Waals surface area (Å²) in [5, 5.41) is 9.79. The highest BCUT2D eigenvalue weighted by molar-refractivity contribution is 7.99. The molecule has 0 aliphatic carbocycles. The molecule has 0 saturated carbocycles. The van der Waals surface area contributed by atoms with Crippen LogP contribution in [-0.4, -0.2) is 33.6 Å². The zero-order valence-electron chi connectivity index (χ0n) is 12.8. The first-order valence-corrected chi connectivity index (χ1v) is 8.52. The first-order valence-electron chi connectivity index (χ1n) is 7.15. The second kappa shape index (κ2) is 7.51. The van der Waals surface area contributed by atoms with Crippen molar-refractivity contribution in [1.82, 2.24) is 14.8 Å². The number of methoxy groups -OCH3 is 1. The van der Waals surface area contributed by atoms with Crippen molar-refractivity contribution in [3.63, 3.8) is 0 Å². The highest BCUT2D eigenvalue weighted by Gasteiger charge is 2.17. The third-order valence-electron chi connectivity index (χ3n) is 3.30. The quantitative estimate of drug-likeness (QED) is 0.511. The van der Waals surface area contributed by atoms with Crippen molar-refractivity contribution in [1.29, 1.82) is 0 Å². The Labute approximate surface area is 148 Å². The van der Waals surface area contributed by atoms with E-state index in [0.717, 1.165) is 11.3 Å². The van der Waals surface area contributed by atoms with Gasteiger partial charge in [-0.25, -0.2) is 0 Å². The van der Waals surface area contributed by atoms with E-state index in [1.54, 1.807) is 12.1 Å². The molecule has 0 amide bonds. The Balaban J connectivity index is 2.05. The maximum atomic E-state index is 11.4. The van der Waals surface area contributed by atoms with Gasteiger partial charge >= 0.3 is 5.97 Å². The molecule has 1 aromatic heterocycles. The van der Waals surface area contributed by atoms with E-state index in [2.05, 4.69) is 10.2 Å². The van der Waals surface area contributed by atoms with E-state index in [0.29, 0.717) is 16.0 Å². The molecule has 3 rings (SSSR count). The largest absolute Gasteiger partial charge is 0.468 e. The third kappa shape index (κ3) is 3.60. The van der Waals surface area contributed by atoms with Crippen molar-refractivity contribution in [2.24, 2.45) is 0 Å². The van der Waals surface area contributed by atoms with Crippen LogP contribution >= 0.6 is 23.4 Å². The second-order valence-electron chi connectivity index (χ2n) is 4.85. The van der Waals surface area contributed by atoms with Crippen LogP contribution in [0.4, 0.5) is 0 Å². The summed E-state index contributed by atoms with van der Waals surface area (Å²) in [5.74, 6) is 0.550. The molecule has 24 heavy (non-hydrogen) atoms. The lowest BCUT2D eigenvalue weighted by Gasteiger charge is -2.10. The topological polar surface area (TPSA) is 57.0 Å². The molecule has 0 fully saturated rings. The van der Waals surface area contributed by atoms with Crippen LogP contribution in [-0.2, 0) is 9.53 Å². The van der Waals surface area contributed by atoms with Crippen LogP contribution in [0.25, 0.3) is 17.1 Å². The average Bonchev–Trinajstić information content (AvgIpc) is 3.05. The summed E-state index contributed by atoms with van der Waals surface area (Å²) in [6.07, 6.45) is 0. The number of hydrogen-bond donors (Lipinski definition) is 0. The van der Waals surface area contributed by atoms with E-state index in [-0.39, 0.29) is 11.7 Å². The zero-order chi connectivity index (χ0) is 16.9. The first-order chi connectivity index (χ1) is 11.7. The molecule has 0 N–H and O–H groups in total. The molecule has 0 radical (unpaired) electrons. The lowest BCUT2D eigenvalue weighted by Crippen LogP contribution is -2.05. The van der Waals surface area contributed by atoms with Crippen molar-refractivity contribution in [2.45, 2.75) is 5.16 Å². The normalized spacial score (nSPS) is 10.6. The molecular weight excluding hydrogens is 346 g/mol. The minimum Gasteiger partial charge on any atom is -0.468 e. The fourth-order valence-corrected chi connectivity index (χ4v) is 3.05. The molecule has 122 valence electrons. The molecule has 0 aliphatic heterocycles. The van der Waals surface area contributed by atoms with E-state index in [1.807, 2.05) is 47.0 Å². The van der Waals surface area contributed by atoms with Crippen LogP contribution in [0.2, 0.25) is 5.02 Å². The number of ether oxygens (including phenoxy) is 1. The number of halogens is 1. The Kier molecular flexibility index (Phi) is 5.17. The Morgan fingerprint density at radius 3 is 2.50 bits per heavy atom. The number of benzene rings is 2. The van der Waals surface area contributed by atoms with Gasteiger partial charge in [-0.05, 0) is 24.3 Å². The summed E-state index contributed by atoms with van der Waals surface area (Å²) in [7, 11) is 1.36. The van der Waals surface area contributed by atoms with Crippen molar-refractivity contribution >= 4 is 29.3 Å². The van der Waals surface area contributed by atoms with Crippen LogP contribution < -0.4 is 0 Å². The molecule has 0 bridgehead atoms. The van der Waals surface area contributed by atoms with Gasteiger partial charge in [-0.2, -0.15) is 0 Å². The van der Waals surface area contributed by atoms with Crippen molar-refractivity contribution in [2.75, 3.05) is 12.9 Å². The maximum Gasteiger partial charge on any atom is 0.316 e. The highest BCUT2D eigenvalue weighted by Crippen LogP contribution is 2.28. The van der Waals surface area contributed by atoms with Crippen LogP contribution in [0.1, 0.15) is 0 Å². The number of thioether (sulfide) groups is 1. The number of carbonyl (C=O) groups is 1. The maximum absolute atomic E-state index is 11.4. The van der Waals surface area contributed by atoms with Crippen molar-refractivity contribution in [3.05, 3.63) is 59.6 Å². The minimum atomic E-state index is -0.313. The molecule has 3 aromatic rings. The van der Waals surface area contributed by atoms with E-state index < -0.39 is 0 Å². The Hall–Kier alpha value is -2.31. The summed E-state index contributed by atoms with van der Waals surface area (Å²) in [6, 6.07) is 17.1. The minimum absolute atomic E-state index is 0.164. The first kappa shape index (κ1) is 16.5. The average molecular weight is 360 g/mol. The van der Waals surface area contributed by atoms with Crippen LogP contribution in [0.5, 0.6) is 0 Å². The molecule has 0 unspecified atom stereocenters. The standard InChI is InChI=1S/C17H14ClN3O2S/c1-23-15(22)11-24-17-20-19-16(12-5-3-2-4-6-12)21(17)14-9-7-13(18)8-10-14/h2-10H,11H2,1H3. The SMILES string of the molecule is COC(=O)CSc1nnc(-c2ccccc2)n1-c1ccc(Cl)cc1. The van der Waals surface area contributed by atoms with E-state index in [4.69, 9.17) is 16.3 Å². The van der Waals surface area contributed by atoms with Gasteiger partial charge in [-0.3, -0.25) is 9.36 Å². The molecule has 0 spiro atoms. The van der Waals surface area contributed by atoms with E-state index in [9.17, 15) is 4.79 Å². The second-order valence-corrected chi connectivity index (χ2v) is 6.23. The number of hydrogen-bond acceptors (Lipinski definition) is 5. The number of carbonyl (C=O) groups excluding carboxylic acids is 1. The van der Waals surface area contributed by atoms with Crippen LogP contribution in [0.15, 0.2) is 59.8 Å². The smallest absolute Gasteiger partial charge is 0.316 e. The van der Waals surface area contributed by atoms with Gasteiger partial charge in [0.05, 0.1) is 12.9 Å². The predicted octanol–water partition coefficient (Wildman–Crippen LogP) is 3.85. The molecule has 1 heterocycles. The van der Waals surface area contributed by atoms with Gasteiger partial charge in [0.1, 0.15) is 0 Å². The highest BCUT2D eigenvalue weighted by atomic mass is 35.5. The summed E-state index contributed by atoms with van der Waals surface area (Å²) in [4.78, 5) is 11.4. The molecule has 7 heteroatoms. The van der Waals surface area contributed by atoms with Gasteiger partial charge in [0.2, 0.25) is 0 Å². The van der Waals surface area contributed by atoms with Crippen LogP contribution in [0, 0.1) is 0 Å². The molecule has 0 saturated heterocycles. The fraction of sp³-hybridized carbons (Fsp3) is 0.118. The Bertz CT molecular complexity index is 835.